The number of nitriles is 1. The van der Waals surface area contributed by atoms with E-state index in [0.29, 0.717) is 17.5 Å². The summed E-state index contributed by atoms with van der Waals surface area (Å²) >= 11 is 3.39. The molecular formula is C16H13BrN2. The van der Waals surface area contributed by atoms with Crippen molar-refractivity contribution in [3.63, 3.8) is 0 Å². The summed E-state index contributed by atoms with van der Waals surface area (Å²) in [6.07, 6.45) is 1.13. The molecule has 3 rings (SSSR count). The lowest BCUT2D eigenvalue weighted by Crippen LogP contribution is -2.05. The van der Waals surface area contributed by atoms with E-state index in [4.69, 9.17) is 5.26 Å². The van der Waals surface area contributed by atoms with Crippen LogP contribution in [0.1, 0.15) is 23.5 Å². The first-order valence-corrected chi connectivity index (χ1v) is 7.08. The van der Waals surface area contributed by atoms with Crippen LogP contribution in [0.25, 0.3) is 0 Å². The Morgan fingerprint density at radius 1 is 1.16 bits per heavy atom. The van der Waals surface area contributed by atoms with Crippen molar-refractivity contribution < 1.29 is 0 Å². The summed E-state index contributed by atoms with van der Waals surface area (Å²) in [6.45, 7) is 0. The highest BCUT2D eigenvalue weighted by Gasteiger charge is 2.38. The Hall–Kier alpha value is -1.79. The number of hydrogen-bond acceptors (Lipinski definition) is 2. The Morgan fingerprint density at radius 2 is 1.95 bits per heavy atom. The third-order valence-corrected chi connectivity index (χ3v) is 3.95. The van der Waals surface area contributed by atoms with E-state index in [-0.39, 0.29) is 0 Å². The monoisotopic (exact) mass is 312 g/mol. The van der Waals surface area contributed by atoms with Crippen LogP contribution in [0, 0.1) is 11.3 Å². The van der Waals surface area contributed by atoms with Crippen molar-refractivity contribution >= 4 is 21.6 Å². The molecule has 1 aliphatic carbocycles. The fourth-order valence-electron chi connectivity index (χ4n) is 2.36. The van der Waals surface area contributed by atoms with Gasteiger partial charge in [-0.15, -0.1) is 0 Å². The molecule has 2 nitrogen and oxygen atoms in total. The van der Waals surface area contributed by atoms with E-state index in [9.17, 15) is 0 Å². The van der Waals surface area contributed by atoms with E-state index >= 15 is 0 Å². The van der Waals surface area contributed by atoms with Crippen LogP contribution < -0.4 is 5.32 Å². The lowest BCUT2D eigenvalue weighted by atomic mass is 10.1. The molecule has 1 fully saturated rings. The van der Waals surface area contributed by atoms with Gasteiger partial charge in [-0.25, -0.2) is 0 Å². The van der Waals surface area contributed by atoms with Crippen molar-refractivity contribution in [2.45, 2.75) is 18.4 Å². The minimum atomic E-state index is 0.440. The molecule has 0 amide bonds. The summed E-state index contributed by atoms with van der Waals surface area (Å²) in [7, 11) is 0. The van der Waals surface area contributed by atoms with Gasteiger partial charge in [-0.1, -0.05) is 46.3 Å². The van der Waals surface area contributed by atoms with Crippen molar-refractivity contribution in [2.24, 2.45) is 0 Å². The molecule has 2 atom stereocenters. The summed E-state index contributed by atoms with van der Waals surface area (Å²) in [6, 6.07) is 19.0. The van der Waals surface area contributed by atoms with Crippen LogP contribution in [0.4, 0.5) is 5.69 Å². The van der Waals surface area contributed by atoms with Crippen LogP contribution in [0.5, 0.6) is 0 Å². The Bertz CT molecular complexity index is 631. The number of benzene rings is 2. The fraction of sp³-hybridized carbons (Fsp3) is 0.188. The van der Waals surface area contributed by atoms with Gasteiger partial charge in [0.05, 0.1) is 11.3 Å². The fourth-order valence-corrected chi connectivity index (χ4v) is 2.72. The average Bonchev–Trinajstić information content (AvgIpc) is 3.21. The number of rotatable bonds is 3. The number of halogens is 1. The summed E-state index contributed by atoms with van der Waals surface area (Å²) in [4.78, 5) is 0. The van der Waals surface area contributed by atoms with Gasteiger partial charge in [-0.05, 0) is 30.2 Å². The molecule has 1 N–H and O–H groups in total. The van der Waals surface area contributed by atoms with Crippen LogP contribution in [0.2, 0.25) is 0 Å². The molecule has 2 aromatic carbocycles. The maximum Gasteiger partial charge on any atom is 0.101 e. The van der Waals surface area contributed by atoms with Gasteiger partial charge in [0.2, 0.25) is 0 Å². The van der Waals surface area contributed by atoms with Crippen LogP contribution in [-0.4, -0.2) is 6.04 Å². The molecule has 19 heavy (non-hydrogen) atoms. The normalized spacial score (nSPS) is 20.6. The van der Waals surface area contributed by atoms with Crippen molar-refractivity contribution in [1.82, 2.24) is 0 Å². The predicted octanol–water partition coefficient (Wildman–Crippen LogP) is 4.29. The van der Waals surface area contributed by atoms with E-state index < -0.39 is 0 Å². The second-order valence-electron chi connectivity index (χ2n) is 4.81. The summed E-state index contributed by atoms with van der Waals surface area (Å²) < 4.78 is 0.935. The SMILES string of the molecule is N#Cc1cc(Br)ccc1NC1CC1c1ccccc1. The number of nitrogens with zero attached hydrogens (tertiary/aromatic N) is 1. The van der Waals surface area contributed by atoms with Gasteiger partial charge in [0.1, 0.15) is 6.07 Å². The van der Waals surface area contributed by atoms with E-state index in [1.165, 1.54) is 5.56 Å². The van der Waals surface area contributed by atoms with Crippen molar-refractivity contribution in [3.8, 4) is 6.07 Å². The second-order valence-corrected chi connectivity index (χ2v) is 5.72. The Labute approximate surface area is 121 Å². The van der Waals surface area contributed by atoms with Crippen LogP contribution in [0.3, 0.4) is 0 Å². The second kappa shape index (κ2) is 5.07. The number of nitrogens with one attached hydrogen (secondary N) is 1. The molecule has 94 valence electrons. The van der Waals surface area contributed by atoms with Gasteiger partial charge < -0.3 is 5.32 Å². The third kappa shape index (κ3) is 2.64. The molecule has 0 spiro atoms. The van der Waals surface area contributed by atoms with E-state index in [1.807, 2.05) is 24.3 Å². The minimum Gasteiger partial charge on any atom is -0.381 e. The highest BCUT2D eigenvalue weighted by molar-refractivity contribution is 9.10. The molecular weight excluding hydrogens is 300 g/mol. The maximum atomic E-state index is 9.15. The zero-order valence-electron chi connectivity index (χ0n) is 10.3. The molecule has 2 unspecified atom stereocenters. The third-order valence-electron chi connectivity index (χ3n) is 3.46. The minimum absolute atomic E-state index is 0.440. The Morgan fingerprint density at radius 3 is 2.68 bits per heavy atom. The molecule has 0 heterocycles. The first-order chi connectivity index (χ1) is 9.28. The van der Waals surface area contributed by atoms with Crippen molar-refractivity contribution in [2.75, 3.05) is 5.32 Å². The van der Waals surface area contributed by atoms with Gasteiger partial charge in [-0.2, -0.15) is 5.26 Å². The van der Waals surface area contributed by atoms with Crippen LogP contribution >= 0.6 is 15.9 Å². The van der Waals surface area contributed by atoms with Gasteiger partial charge in [-0.3, -0.25) is 0 Å². The maximum absolute atomic E-state index is 9.15. The average molecular weight is 313 g/mol. The standard InChI is InChI=1S/C16H13BrN2/c17-13-6-7-15(12(8-13)10-18)19-16-9-14(16)11-4-2-1-3-5-11/h1-8,14,16,19H,9H2. The molecule has 3 heteroatoms. The van der Waals surface area contributed by atoms with E-state index in [2.05, 4.69) is 51.6 Å². The quantitative estimate of drug-likeness (QED) is 0.917. The van der Waals surface area contributed by atoms with Crippen molar-refractivity contribution in [1.29, 1.82) is 5.26 Å². The first kappa shape index (κ1) is 12.3. The van der Waals surface area contributed by atoms with Gasteiger partial charge in [0, 0.05) is 16.4 Å². The Kier molecular flexibility index (Phi) is 3.27. The highest BCUT2D eigenvalue weighted by atomic mass is 79.9. The van der Waals surface area contributed by atoms with Gasteiger partial charge >= 0.3 is 0 Å². The zero-order valence-corrected chi connectivity index (χ0v) is 11.9. The topological polar surface area (TPSA) is 35.8 Å². The highest BCUT2D eigenvalue weighted by Crippen LogP contribution is 2.43. The van der Waals surface area contributed by atoms with E-state index in [1.54, 1.807) is 0 Å². The van der Waals surface area contributed by atoms with E-state index in [0.717, 1.165) is 16.6 Å². The summed E-state index contributed by atoms with van der Waals surface area (Å²) in [5.74, 6) is 0.566. The number of hydrogen-bond donors (Lipinski definition) is 1. The molecule has 1 aliphatic rings. The molecule has 0 saturated heterocycles. The lowest BCUT2D eigenvalue weighted by molar-refractivity contribution is 1.04. The number of anilines is 1. The zero-order chi connectivity index (χ0) is 13.2. The molecule has 0 bridgehead atoms. The lowest BCUT2D eigenvalue weighted by Gasteiger charge is -2.08. The molecule has 2 aromatic rings. The molecule has 0 aliphatic heterocycles. The smallest absolute Gasteiger partial charge is 0.101 e. The Balaban J connectivity index is 1.73. The largest absolute Gasteiger partial charge is 0.381 e. The van der Waals surface area contributed by atoms with Crippen molar-refractivity contribution in [3.05, 3.63) is 64.1 Å². The van der Waals surface area contributed by atoms with Gasteiger partial charge in [0.15, 0.2) is 0 Å². The van der Waals surface area contributed by atoms with Crippen LogP contribution in [-0.2, 0) is 0 Å². The molecule has 1 saturated carbocycles. The summed E-state index contributed by atoms with van der Waals surface area (Å²) in [5.41, 5.74) is 2.98. The first-order valence-electron chi connectivity index (χ1n) is 6.29. The predicted molar refractivity (Wildman–Crippen MR) is 80.1 cm³/mol. The summed E-state index contributed by atoms with van der Waals surface area (Å²) in [5, 5.41) is 12.6. The van der Waals surface area contributed by atoms with Crippen LogP contribution in [0.15, 0.2) is 53.0 Å². The van der Waals surface area contributed by atoms with Gasteiger partial charge in [0.25, 0.3) is 0 Å². The molecule has 0 radical (unpaired) electrons. The molecule has 0 aromatic heterocycles.